The summed E-state index contributed by atoms with van der Waals surface area (Å²) in [7, 11) is 0. The van der Waals surface area contributed by atoms with E-state index in [0.29, 0.717) is 22.3 Å². The lowest BCUT2D eigenvalue weighted by Crippen LogP contribution is -2.14. The van der Waals surface area contributed by atoms with Crippen molar-refractivity contribution in [3.8, 4) is 0 Å². The molecule has 0 spiro atoms. The molecule has 2 amide bonds. The molecule has 1 aliphatic rings. The smallest absolute Gasteiger partial charge is 0.265 e. The van der Waals surface area contributed by atoms with Gasteiger partial charge in [-0.25, -0.2) is 0 Å². The van der Waals surface area contributed by atoms with E-state index in [2.05, 4.69) is 15.3 Å². The average Bonchev–Trinajstić information content (AvgIpc) is 3.23. The zero-order chi connectivity index (χ0) is 19.7. The summed E-state index contributed by atoms with van der Waals surface area (Å²) in [6.07, 6.45) is 6.11. The van der Waals surface area contributed by atoms with E-state index in [1.54, 1.807) is 18.2 Å². The van der Waals surface area contributed by atoms with Crippen molar-refractivity contribution in [2.24, 2.45) is 0 Å². The third-order valence-electron chi connectivity index (χ3n) is 5.15. The zero-order valence-electron chi connectivity index (χ0n) is 16.1. The molecule has 1 aliphatic carbocycles. The van der Waals surface area contributed by atoms with E-state index in [0.717, 1.165) is 28.8 Å². The Morgan fingerprint density at radius 2 is 1.82 bits per heavy atom. The van der Waals surface area contributed by atoms with E-state index in [1.165, 1.54) is 37.5 Å². The number of hydrogen-bond acceptors (Lipinski definition) is 4. The minimum Gasteiger partial charge on any atom is -0.326 e. The summed E-state index contributed by atoms with van der Waals surface area (Å²) in [4.78, 5) is 25.8. The van der Waals surface area contributed by atoms with Crippen molar-refractivity contribution < 1.29 is 9.59 Å². The van der Waals surface area contributed by atoms with Crippen LogP contribution < -0.4 is 10.6 Å². The lowest BCUT2D eigenvalue weighted by atomic mass is 9.96. The van der Waals surface area contributed by atoms with E-state index in [-0.39, 0.29) is 11.8 Å². The summed E-state index contributed by atoms with van der Waals surface area (Å²) in [5.74, 6) is -0.286. The fraction of sp³-hybridized carbons (Fsp3) is 0.381. The molecule has 0 bridgehead atoms. The number of thiophene rings is 1. The molecule has 0 saturated heterocycles. The second-order valence-corrected chi connectivity index (χ2v) is 8.40. The van der Waals surface area contributed by atoms with Gasteiger partial charge in [-0.15, -0.1) is 11.3 Å². The summed E-state index contributed by atoms with van der Waals surface area (Å²) in [5.41, 5.74) is 2.29. The van der Waals surface area contributed by atoms with E-state index < -0.39 is 0 Å². The van der Waals surface area contributed by atoms with Crippen molar-refractivity contribution >= 4 is 44.7 Å². The molecule has 0 unspecified atom stereocenters. The van der Waals surface area contributed by atoms with Crippen molar-refractivity contribution in [1.82, 2.24) is 9.78 Å². The third-order valence-corrected chi connectivity index (χ3v) is 6.28. The van der Waals surface area contributed by atoms with Gasteiger partial charge in [-0.1, -0.05) is 25.3 Å². The third kappa shape index (κ3) is 3.80. The minimum absolute atomic E-state index is 0.143. The van der Waals surface area contributed by atoms with E-state index >= 15 is 0 Å². The van der Waals surface area contributed by atoms with E-state index in [9.17, 15) is 9.59 Å². The van der Waals surface area contributed by atoms with Crippen LogP contribution >= 0.6 is 11.3 Å². The van der Waals surface area contributed by atoms with Crippen LogP contribution in [0.25, 0.3) is 10.2 Å². The minimum atomic E-state index is -0.143. The molecule has 0 radical (unpaired) electrons. The number of nitrogens with one attached hydrogen (secondary N) is 2. The number of rotatable bonds is 4. The van der Waals surface area contributed by atoms with Gasteiger partial charge in [-0.2, -0.15) is 5.10 Å². The second-order valence-electron chi connectivity index (χ2n) is 7.37. The largest absolute Gasteiger partial charge is 0.326 e. The first kappa shape index (κ1) is 18.7. The first-order valence-corrected chi connectivity index (χ1v) is 10.5. The van der Waals surface area contributed by atoms with Crippen molar-refractivity contribution in [1.29, 1.82) is 0 Å². The molecule has 2 heterocycles. The molecule has 2 N–H and O–H groups in total. The number of aryl methyl sites for hydroxylation is 1. The van der Waals surface area contributed by atoms with Gasteiger partial charge in [-0.05, 0) is 44.0 Å². The van der Waals surface area contributed by atoms with Gasteiger partial charge < -0.3 is 10.6 Å². The molecular weight excluding hydrogens is 372 g/mol. The molecule has 146 valence electrons. The first-order chi connectivity index (χ1) is 13.5. The van der Waals surface area contributed by atoms with Crippen LogP contribution in [0.15, 0.2) is 30.3 Å². The predicted molar refractivity (Wildman–Crippen MR) is 113 cm³/mol. The highest BCUT2D eigenvalue weighted by Crippen LogP contribution is 2.35. The Bertz CT molecular complexity index is 1030. The average molecular weight is 397 g/mol. The van der Waals surface area contributed by atoms with Crippen LogP contribution in [-0.4, -0.2) is 21.6 Å². The molecule has 0 atom stereocenters. The van der Waals surface area contributed by atoms with Gasteiger partial charge in [0.25, 0.3) is 5.91 Å². The number of carbonyl (C=O) groups excluding carboxylic acids is 2. The normalized spacial score (nSPS) is 14.9. The molecule has 1 saturated carbocycles. The Balaban J connectivity index is 1.57. The van der Waals surface area contributed by atoms with Crippen LogP contribution in [0, 0.1) is 6.92 Å². The SMILES string of the molecule is CC(=O)Nc1cccc(NC(=O)c2cc3c(C)nn(C4CCCCC4)c3s2)c1. The summed E-state index contributed by atoms with van der Waals surface area (Å²) < 4.78 is 2.14. The van der Waals surface area contributed by atoms with Gasteiger partial charge in [0.1, 0.15) is 4.83 Å². The lowest BCUT2D eigenvalue weighted by Gasteiger charge is -2.22. The lowest BCUT2D eigenvalue weighted by molar-refractivity contribution is -0.114. The molecule has 2 aromatic heterocycles. The molecular formula is C21H24N4O2S. The van der Waals surface area contributed by atoms with Crippen LogP contribution in [0.1, 0.15) is 60.4 Å². The maximum atomic E-state index is 12.8. The predicted octanol–water partition coefficient (Wildman–Crippen LogP) is 5.12. The van der Waals surface area contributed by atoms with E-state index in [1.807, 2.05) is 19.1 Å². The van der Waals surface area contributed by atoms with Crippen LogP contribution in [0.3, 0.4) is 0 Å². The first-order valence-electron chi connectivity index (χ1n) is 9.69. The maximum absolute atomic E-state index is 12.8. The number of amides is 2. The number of benzene rings is 1. The van der Waals surface area contributed by atoms with Crippen LogP contribution in [0.5, 0.6) is 0 Å². The Hall–Kier alpha value is -2.67. The van der Waals surface area contributed by atoms with Gasteiger partial charge in [0.05, 0.1) is 16.6 Å². The number of anilines is 2. The highest BCUT2D eigenvalue weighted by Gasteiger charge is 2.22. The number of hydrogen-bond donors (Lipinski definition) is 2. The Labute approximate surface area is 167 Å². The monoisotopic (exact) mass is 396 g/mol. The number of nitrogens with zero attached hydrogens (tertiary/aromatic N) is 2. The standard InChI is InChI=1S/C21H24N4O2S/c1-13-18-12-19(28-21(18)25(24-13)17-9-4-3-5-10-17)20(27)23-16-8-6-7-15(11-16)22-14(2)26/h6-8,11-12,17H,3-5,9-10H2,1-2H3,(H,22,26)(H,23,27). The fourth-order valence-electron chi connectivity index (χ4n) is 3.83. The van der Waals surface area contributed by atoms with Gasteiger partial charge in [0.2, 0.25) is 5.91 Å². The molecule has 4 rings (SSSR count). The van der Waals surface area contributed by atoms with Gasteiger partial charge in [-0.3, -0.25) is 14.3 Å². The van der Waals surface area contributed by atoms with Crippen LogP contribution in [-0.2, 0) is 4.79 Å². The van der Waals surface area contributed by atoms with Gasteiger partial charge in [0, 0.05) is 23.7 Å². The number of aromatic nitrogens is 2. The van der Waals surface area contributed by atoms with Crippen LogP contribution in [0.2, 0.25) is 0 Å². The summed E-state index contributed by atoms with van der Waals surface area (Å²) in [6.45, 7) is 3.47. The topological polar surface area (TPSA) is 76.0 Å². The number of carbonyl (C=O) groups is 2. The van der Waals surface area contributed by atoms with Gasteiger partial charge >= 0.3 is 0 Å². The zero-order valence-corrected chi connectivity index (χ0v) is 16.9. The van der Waals surface area contributed by atoms with Crippen LogP contribution in [0.4, 0.5) is 11.4 Å². The Kier molecular flexibility index (Phi) is 5.17. The highest BCUT2D eigenvalue weighted by atomic mass is 32.1. The van der Waals surface area contributed by atoms with Crippen molar-refractivity contribution in [2.45, 2.75) is 52.0 Å². The molecule has 0 aliphatic heterocycles. The quantitative estimate of drug-likeness (QED) is 0.642. The molecule has 6 nitrogen and oxygen atoms in total. The Morgan fingerprint density at radius 1 is 1.11 bits per heavy atom. The van der Waals surface area contributed by atoms with Crippen molar-refractivity contribution in [3.05, 3.63) is 40.9 Å². The summed E-state index contributed by atoms with van der Waals surface area (Å²) in [5, 5.41) is 11.5. The fourth-order valence-corrected chi connectivity index (χ4v) is 4.96. The molecule has 3 aromatic rings. The maximum Gasteiger partial charge on any atom is 0.265 e. The molecule has 1 aromatic carbocycles. The van der Waals surface area contributed by atoms with Gasteiger partial charge in [0.15, 0.2) is 0 Å². The number of fused-ring (bicyclic) bond motifs is 1. The molecule has 28 heavy (non-hydrogen) atoms. The van der Waals surface area contributed by atoms with Crippen molar-refractivity contribution in [3.63, 3.8) is 0 Å². The summed E-state index contributed by atoms with van der Waals surface area (Å²) >= 11 is 1.50. The second kappa shape index (κ2) is 7.75. The summed E-state index contributed by atoms with van der Waals surface area (Å²) in [6, 6.07) is 9.53. The highest BCUT2D eigenvalue weighted by molar-refractivity contribution is 7.20. The van der Waals surface area contributed by atoms with Crippen molar-refractivity contribution in [2.75, 3.05) is 10.6 Å². The van der Waals surface area contributed by atoms with E-state index in [4.69, 9.17) is 5.10 Å². The molecule has 1 fully saturated rings. The molecule has 7 heteroatoms. The Morgan fingerprint density at radius 3 is 2.54 bits per heavy atom.